The molecule has 124 valence electrons. The average molecular weight is 342 g/mol. The van der Waals surface area contributed by atoms with Gasteiger partial charge in [-0.25, -0.2) is 0 Å². The minimum Gasteiger partial charge on any atom is -0.316 e. The molecule has 0 amide bonds. The van der Waals surface area contributed by atoms with Gasteiger partial charge in [-0.15, -0.1) is 0 Å². The lowest BCUT2D eigenvalue weighted by Gasteiger charge is -2.16. The Balaban J connectivity index is 1.78. The zero-order valence-electron chi connectivity index (χ0n) is 15.0. The van der Waals surface area contributed by atoms with Crippen molar-refractivity contribution in [2.24, 2.45) is 0 Å². The lowest BCUT2D eigenvalue weighted by atomic mass is 10.2. The summed E-state index contributed by atoms with van der Waals surface area (Å²) in [6.07, 6.45) is 4.39. The van der Waals surface area contributed by atoms with Crippen LogP contribution in [0.1, 0.15) is 5.56 Å². The fourth-order valence-electron chi connectivity index (χ4n) is 3.37. The topological polar surface area (TPSA) is 4.93 Å². The van der Waals surface area contributed by atoms with E-state index in [-0.39, 0.29) is 0 Å². The third-order valence-corrected chi connectivity index (χ3v) is 6.88. The Kier molecular flexibility index (Phi) is 3.85. The van der Waals surface area contributed by atoms with Crippen LogP contribution < -0.4 is 5.19 Å². The first kappa shape index (κ1) is 15.9. The molecule has 0 N–H and O–H groups in total. The number of para-hydroxylation sites is 2. The van der Waals surface area contributed by atoms with E-state index in [4.69, 9.17) is 0 Å². The Bertz CT molecular complexity index is 1010. The number of benzene rings is 3. The van der Waals surface area contributed by atoms with Crippen LogP contribution in [0.15, 0.2) is 72.8 Å². The first-order chi connectivity index (χ1) is 12.0. The van der Waals surface area contributed by atoms with Crippen LogP contribution in [0.3, 0.4) is 0 Å². The van der Waals surface area contributed by atoms with Crippen molar-refractivity contribution < 1.29 is 0 Å². The molecular formula is C23H23NSi. The Morgan fingerprint density at radius 1 is 0.680 bits per heavy atom. The monoisotopic (exact) mass is 341 g/mol. The molecule has 4 aromatic rings. The summed E-state index contributed by atoms with van der Waals surface area (Å²) in [7, 11) is -1.23. The maximum absolute atomic E-state index is 2.38. The number of hydrogen-bond donors (Lipinski definition) is 0. The van der Waals surface area contributed by atoms with Crippen molar-refractivity contribution in [2.45, 2.75) is 19.6 Å². The number of fused-ring (bicyclic) bond motifs is 3. The van der Waals surface area contributed by atoms with Crippen LogP contribution in [0.2, 0.25) is 19.6 Å². The van der Waals surface area contributed by atoms with Gasteiger partial charge in [-0.3, -0.25) is 0 Å². The highest BCUT2D eigenvalue weighted by Crippen LogP contribution is 2.29. The molecule has 2 heteroatoms. The van der Waals surface area contributed by atoms with Crippen LogP contribution in [0.4, 0.5) is 0 Å². The van der Waals surface area contributed by atoms with Gasteiger partial charge in [0.05, 0.1) is 19.1 Å². The average Bonchev–Trinajstić information content (AvgIpc) is 2.94. The van der Waals surface area contributed by atoms with Gasteiger partial charge in [-0.2, -0.15) is 0 Å². The summed E-state index contributed by atoms with van der Waals surface area (Å²) in [5, 5.41) is 4.11. The van der Waals surface area contributed by atoms with Gasteiger partial charge < -0.3 is 4.57 Å². The molecule has 0 aliphatic heterocycles. The molecule has 0 fully saturated rings. The number of nitrogens with zero attached hydrogens (tertiary/aromatic N) is 1. The molecule has 4 rings (SSSR count). The zero-order chi connectivity index (χ0) is 17.4. The van der Waals surface area contributed by atoms with Crippen LogP contribution in [-0.2, 0) is 0 Å². The number of aromatic nitrogens is 1. The smallest absolute Gasteiger partial charge is 0.0775 e. The minimum absolute atomic E-state index is 1.23. The fraction of sp³-hybridized carbons (Fsp3) is 0.130. The summed E-state index contributed by atoms with van der Waals surface area (Å²) < 4.78 is 2.29. The first-order valence-corrected chi connectivity index (χ1v) is 12.3. The van der Waals surface area contributed by atoms with Crippen LogP contribution >= 0.6 is 0 Å². The molecule has 0 aliphatic rings. The molecule has 0 aliphatic carbocycles. The van der Waals surface area contributed by atoms with Crippen molar-refractivity contribution >= 4 is 47.3 Å². The summed E-state index contributed by atoms with van der Waals surface area (Å²) >= 11 is 0. The lowest BCUT2D eigenvalue weighted by Crippen LogP contribution is -2.37. The molecular weight excluding hydrogens is 318 g/mol. The largest absolute Gasteiger partial charge is 0.316 e. The Morgan fingerprint density at radius 2 is 1.20 bits per heavy atom. The molecule has 0 unspecified atom stereocenters. The molecule has 25 heavy (non-hydrogen) atoms. The second-order valence-corrected chi connectivity index (χ2v) is 12.7. The van der Waals surface area contributed by atoms with Gasteiger partial charge >= 0.3 is 0 Å². The van der Waals surface area contributed by atoms with E-state index in [9.17, 15) is 0 Å². The van der Waals surface area contributed by atoms with Gasteiger partial charge in [-0.05, 0) is 23.8 Å². The highest BCUT2D eigenvalue weighted by atomic mass is 28.3. The van der Waals surface area contributed by atoms with Crippen molar-refractivity contribution in [3.63, 3.8) is 0 Å². The number of rotatable bonds is 3. The van der Waals surface area contributed by atoms with Gasteiger partial charge in [0.15, 0.2) is 0 Å². The Labute approximate surface area is 150 Å². The highest BCUT2D eigenvalue weighted by Gasteiger charge is 2.15. The molecule has 0 radical (unpaired) electrons. The van der Waals surface area contributed by atoms with E-state index >= 15 is 0 Å². The molecule has 0 bridgehead atoms. The van der Waals surface area contributed by atoms with Gasteiger partial charge in [0.25, 0.3) is 0 Å². The predicted molar refractivity (Wildman–Crippen MR) is 114 cm³/mol. The summed E-state index contributed by atoms with van der Waals surface area (Å²) in [6, 6.07) is 26.3. The van der Waals surface area contributed by atoms with E-state index in [0.29, 0.717) is 0 Å². The molecule has 0 saturated carbocycles. The van der Waals surface area contributed by atoms with Crippen molar-refractivity contribution in [3.05, 3.63) is 78.4 Å². The third-order valence-electron chi connectivity index (χ3n) is 4.81. The Morgan fingerprint density at radius 3 is 1.72 bits per heavy atom. The van der Waals surface area contributed by atoms with Crippen molar-refractivity contribution in [1.82, 2.24) is 4.57 Å². The van der Waals surface area contributed by atoms with Gasteiger partial charge in [0.2, 0.25) is 0 Å². The fourth-order valence-corrected chi connectivity index (χ4v) is 4.53. The van der Waals surface area contributed by atoms with E-state index in [2.05, 4.69) is 109 Å². The van der Waals surface area contributed by atoms with Crippen LogP contribution in [0.5, 0.6) is 0 Å². The molecule has 3 aromatic carbocycles. The van der Waals surface area contributed by atoms with E-state index in [1.165, 1.54) is 32.6 Å². The number of hydrogen-bond acceptors (Lipinski definition) is 0. The lowest BCUT2D eigenvalue weighted by molar-refractivity contribution is 1.30. The molecule has 1 aromatic heterocycles. The van der Waals surface area contributed by atoms with Crippen LogP contribution in [-0.4, -0.2) is 12.6 Å². The van der Waals surface area contributed by atoms with Crippen LogP contribution in [0, 0.1) is 0 Å². The third kappa shape index (κ3) is 2.94. The van der Waals surface area contributed by atoms with E-state index in [0.717, 1.165) is 0 Å². The standard InChI is InChI=1S/C23H23NSi/c1-25(2,3)19-14-12-18(13-15-19)16-17-24-22-10-6-4-8-20(22)21-9-5-7-11-23(21)24/h4-17H,1-3H3/b17-16+. The summed E-state index contributed by atoms with van der Waals surface area (Å²) in [5.41, 5.74) is 3.74. The SMILES string of the molecule is C[Si](C)(C)c1ccc(/C=C/n2c3ccccc3c3ccccc32)cc1. The van der Waals surface area contributed by atoms with Crippen molar-refractivity contribution in [2.75, 3.05) is 0 Å². The summed E-state index contributed by atoms with van der Waals surface area (Å²) in [6.45, 7) is 7.15. The minimum atomic E-state index is -1.23. The first-order valence-electron chi connectivity index (χ1n) is 8.80. The molecule has 0 spiro atoms. The van der Waals surface area contributed by atoms with Gasteiger partial charge in [-0.1, -0.05) is 85.5 Å². The van der Waals surface area contributed by atoms with Crippen molar-refractivity contribution in [3.8, 4) is 0 Å². The van der Waals surface area contributed by atoms with Crippen molar-refractivity contribution in [1.29, 1.82) is 0 Å². The van der Waals surface area contributed by atoms with Gasteiger partial charge in [0.1, 0.15) is 0 Å². The second kappa shape index (κ2) is 6.05. The van der Waals surface area contributed by atoms with Gasteiger partial charge in [0, 0.05) is 17.0 Å². The highest BCUT2D eigenvalue weighted by molar-refractivity contribution is 6.88. The molecule has 0 atom stereocenters. The summed E-state index contributed by atoms with van der Waals surface area (Å²) in [4.78, 5) is 0. The molecule has 0 saturated heterocycles. The second-order valence-electron chi connectivity index (χ2n) is 7.59. The maximum atomic E-state index is 2.38. The quantitative estimate of drug-likeness (QED) is 0.405. The maximum Gasteiger partial charge on any atom is 0.0775 e. The summed E-state index contributed by atoms with van der Waals surface area (Å²) in [5.74, 6) is 0. The molecule has 1 heterocycles. The molecule has 1 nitrogen and oxygen atoms in total. The predicted octanol–water partition coefficient (Wildman–Crippen LogP) is 5.97. The van der Waals surface area contributed by atoms with Crippen LogP contribution in [0.25, 0.3) is 34.1 Å². The van der Waals surface area contributed by atoms with E-state index in [1.807, 2.05) is 0 Å². The van der Waals surface area contributed by atoms with E-state index < -0.39 is 8.07 Å². The normalized spacial score (nSPS) is 12.4. The zero-order valence-corrected chi connectivity index (χ0v) is 16.0. The Hall–Kier alpha value is -2.58. The van der Waals surface area contributed by atoms with E-state index in [1.54, 1.807) is 0 Å².